The van der Waals surface area contributed by atoms with Crippen LogP contribution in [0.1, 0.15) is 44.3 Å². The Kier molecular flexibility index (Phi) is 6.57. The number of amides is 2. The standard InChI is InChI=1S/C20H26N4O3/c25-18(21-12-14-24-13-5-1-2-11-19(24)26)10-6-9-17-22-16-8-4-3-7-15(16)20(27)23-17/h3-4,7-8H,1-2,5-6,9-14H2,(H,21,25)(H,22,23,27). The van der Waals surface area contributed by atoms with E-state index >= 15 is 0 Å². The minimum Gasteiger partial charge on any atom is -0.354 e. The number of H-pyrrole nitrogens is 1. The van der Waals surface area contributed by atoms with E-state index in [1.807, 2.05) is 23.1 Å². The maximum Gasteiger partial charge on any atom is 0.258 e. The first-order chi connectivity index (χ1) is 13.1. The molecule has 0 spiro atoms. The number of para-hydroxylation sites is 1. The van der Waals surface area contributed by atoms with Crippen LogP contribution in [0.25, 0.3) is 10.9 Å². The van der Waals surface area contributed by atoms with Crippen LogP contribution in [-0.4, -0.2) is 46.3 Å². The topological polar surface area (TPSA) is 95.2 Å². The number of carbonyl (C=O) groups excluding carboxylic acids is 2. The van der Waals surface area contributed by atoms with E-state index in [1.54, 1.807) is 6.07 Å². The summed E-state index contributed by atoms with van der Waals surface area (Å²) < 4.78 is 0. The molecule has 1 fully saturated rings. The lowest BCUT2D eigenvalue weighted by atomic mass is 10.2. The summed E-state index contributed by atoms with van der Waals surface area (Å²) >= 11 is 0. The third kappa shape index (κ3) is 5.39. The molecule has 2 amide bonds. The number of nitrogens with one attached hydrogen (secondary N) is 2. The fraction of sp³-hybridized carbons (Fsp3) is 0.500. The van der Waals surface area contributed by atoms with Gasteiger partial charge in [0.1, 0.15) is 5.82 Å². The van der Waals surface area contributed by atoms with Crippen molar-refractivity contribution in [2.24, 2.45) is 0 Å². The molecule has 0 atom stereocenters. The van der Waals surface area contributed by atoms with Crippen molar-refractivity contribution in [3.05, 3.63) is 40.4 Å². The Morgan fingerprint density at radius 1 is 1.19 bits per heavy atom. The summed E-state index contributed by atoms with van der Waals surface area (Å²) in [7, 11) is 0. The third-order valence-corrected chi connectivity index (χ3v) is 4.85. The Balaban J connectivity index is 1.40. The second-order valence-corrected chi connectivity index (χ2v) is 6.92. The smallest absolute Gasteiger partial charge is 0.258 e. The number of rotatable bonds is 7. The molecule has 144 valence electrons. The maximum absolute atomic E-state index is 12.0. The number of hydrogen-bond donors (Lipinski definition) is 2. The molecule has 0 radical (unpaired) electrons. The molecule has 1 aliphatic heterocycles. The first-order valence-corrected chi connectivity index (χ1v) is 9.66. The highest BCUT2D eigenvalue weighted by molar-refractivity contribution is 5.78. The van der Waals surface area contributed by atoms with Gasteiger partial charge in [-0.3, -0.25) is 14.4 Å². The van der Waals surface area contributed by atoms with Crippen molar-refractivity contribution in [2.45, 2.75) is 44.9 Å². The number of likely N-dealkylation sites (tertiary alicyclic amines) is 1. The predicted octanol–water partition coefficient (Wildman–Crippen LogP) is 1.76. The van der Waals surface area contributed by atoms with Crippen LogP contribution in [0.5, 0.6) is 0 Å². The summed E-state index contributed by atoms with van der Waals surface area (Å²) in [6.07, 6.45) is 5.23. The summed E-state index contributed by atoms with van der Waals surface area (Å²) in [5.41, 5.74) is 0.519. The summed E-state index contributed by atoms with van der Waals surface area (Å²) in [6.45, 7) is 1.84. The van der Waals surface area contributed by atoms with Crippen LogP contribution in [-0.2, 0) is 16.0 Å². The molecule has 0 unspecified atom stereocenters. The molecule has 27 heavy (non-hydrogen) atoms. The Morgan fingerprint density at radius 3 is 2.93 bits per heavy atom. The highest BCUT2D eigenvalue weighted by atomic mass is 16.2. The molecule has 1 aromatic heterocycles. The van der Waals surface area contributed by atoms with Gasteiger partial charge in [-0.2, -0.15) is 0 Å². The van der Waals surface area contributed by atoms with Gasteiger partial charge in [0.15, 0.2) is 0 Å². The van der Waals surface area contributed by atoms with Gasteiger partial charge in [-0.15, -0.1) is 0 Å². The highest BCUT2D eigenvalue weighted by Crippen LogP contribution is 2.10. The largest absolute Gasteiger partial charge is 0.354 e. The number of benzene rings is 1. The van der Waals surface area contributed by atoms with Crippen LogP contribution in [0.4, 0.5) is 0 Å². The van der Waals surface area contributed by atoms with Crippen molar-refractivity contribution in [1.82, 2.24) is 20.2 Å². The van der Waals surface area contributed by atoms with Gasteiger partial charge < -0.3 is 15.2 Å². The Morgan fingerprint density at radius 2 is 2.04 bits per heavy atom. The fourth-order valence-corrected chi connectivity index (χ4v) is 3.36. The second kappa shape index (κ2) is 9.30. The monoisotopic (exact) mass is 370 g/mol. The number of nitrogens with zero attached hydrogens (tertiary/aromatic N) is 2. The van der Waals surface area contributed by atoms with E-state index in [1.165, 1.54) is 0 Å². The Labute approximate surface area is 158 Å². The lowest BCUT2D eigenvalue weighted by molar-refractivity contribution is -0.131. The molecule has 1 aromatic carbocycles. The molecule has 0 saturated carbocycles. The van der Waals surface area contributed by atoms with Crippen molar-refractivity contribution in [2.75, 3.05) is 19.6 Å². The van der Waals surface area contributed by atoms with E-state index in [9.17, 15) is 14.4 Å². The quantitative estimate of drug-likeness (QED) is 0.776. The van der Waals surface area contributed by atoms with Crippen molar-refractivity contribution < 1.29 is 9.59 Å². The number of fused-ring (bicyclic) bond motifs is 1. The molecule has 2 aromatic rings. The molecule has 0 bridgehead atoms. The molecule has 2 N–H and O–H groups in total. The zero-order chi connectivity index (χ0) is 19.1. The first-order valence-electron chi connectivity index (χ1n) is 9.66. The minimum atomic E-state index is -0.151. The fourth-order valence-electron chi connectivity index (χ4n) is 3.36. The molecule has 3 rings (SSSR count). The van der Waals surface area contributed by atoms with Gasteiger partial charge in [-0.1, -0.05) is 18.6 Å². The molecule has 2 heterocycles. The highest BCUT2D eigenvalue weighted by Gasteiger charge is 2.16. The Bertz CT molecular complexity index is 862. The van der Waals surface area contributed by atoms with Crippen LogP contribution in [0, 0.1) is 0 Å². The molecule has 7 heteroatoms. The maximum atomic E-state index is 12.0. The van der Waals surface area contributed by atoms with Gasteiger partial charge in [0, 0.05) is 38.9 Å². The summed E-state index contributed by atoms with van der Waals surface area (Å²) in [4.78, 5) is 45.0. The average Bonchev–Trinajstić information content (AvgIpc) is 2.86. The summed E-state index contributed by atoms with van der Waals surface area (Å²) in [5.74, 6) is 0.746. The third-order valence-electron chi connectivity index (χ3n) is 4.85. The number of hydrogen-bond acceptors (Lipinski definition) is 4. The van der Waals surface area contributed by atoms with Gasteiger partial charge in [-0.05, 0) is 31.4 Å². The van der Waals surface area contributed by atoms with Gasteiger partial charge in [-0.25, -0.2) is 4.98 Å². The van der Waals surface area contributed by atoms with E-state index in [-0.39, 0.29) is 17.4 Å². The SMILES string of the molecule is O=C(CCCc1nc2ccccc2c(=O)[nH]1)NCCN1CCCCCC1=O. The van der Waals surface area contributed by atoms with E-state index < -0.39 is 0 Å². The molecule has 1 saturated heterocycles. The van der Waals surface area contributed by atoms with Gasteiger partial charge in [0.05, 0.1) is 10.9 Å². The van der Waals surface area contributed by atoms with E-state index in [2.05, 4.69) is 15.3 Å². The first kappa shape index (κ1) is 19.1. The van der Waals surface area contributed by atoms with Gasteiger partial charge in [0.2, 0.25) is 11.8 Å². The van der Waals surface area contributed by atoms with Crippen LogP contribution in [0.3, 0.4) is 0 Å². The van der Waals surface area contributed by atoms with E-state index in [0.717, 1.165) is 25.8 Å². The summed E-state index contributed by atoms with van der Waals surface area (Å²) in [5, 5.41) is 3.44. The molecule has 7 nitrogen and oxygen atoms in total. The second-order valence-electron chi connectivity index (χ2n) is 6.92. The molecule has 1 aliphatic rings. The van der Waals surface area contributed by atoms with Crippen molar-refractivity contribution >= 4 is 22.7 Å². The number of aromatic amines is 1. The zero-order valence-corrected chi connectivity index (χ0v) is 15.5. The van der Waals surface area contributed by atoms with Gasteiger partial charge in [0.25, 0.3) is 5.56 Å². The van der Waals surface area contributed by atoms with Crippen molar-refractivity contribution in [3.8, 4) is 0 Å². The van der Waals surface area contributed by atoms with E-state index in [0.29, 0.717) is 55.5 Å². The zero-order valence-electron chi connectivity index (χ0n) is 15.5. The molecule has 0 aliphatic carbocycles. The van der Waals surface area contributed by atoms with Crippen LogP contribution in [0.15, 0.2) is 29.1 Å². The predicted molar refractivity (Wildman–Crippen MR) is 103 cm³/mol. The van der Waals surface area contributed by atoms with Crippen LogP contribution < -0.4 is 10.9 Å². The normalized spacial score (nSPS) is 15.0. The van der Waals surface area contributed by atoms with Crippen LogP contribution >= 0.6 is 0 Å². The van der Waals surface area contributed by atoms with Crippen molar-refractivity contribution in [1.29, 1.82) is 0 Å². The van der Waals surface area contributed by atoms with Gasteiger partial charge >= 0.3 is 0 Å². The number of aromatic nitrogens is 2. The molecular formula is C20H26N4O3. The van der Waals surface area contributed by atoms with Crippen LogP contribution in [0.2, 0.25) is 0 Å². The average molecular weight is 370 g/mol. The van der Waals surface area contributed by atoms with E-state index in [4.69, 9.17) is 0 Å². The number of carbonyl (C=O) groups is 2. The van der Waals surface area contributed by atoms with Crippen molar-refractivity contribution in [3.63, 3.8) is 0 Å². The lowest BCUT2D eigenvalue weighted by Gasteiger charge is -2.20. The lowest BCUT2D eigenvalue weighted by Crippen LogP contribution is -2.38. The summed E-state index contributed by atoms with van der Waals surface area (Å²) in [6, 6.07) is 7.21. The minimum absolute atomic E-state index is 0.0413. The number of aryl methyl sites for hydroxylation is 1. The molecular weight excluding hydrogens is 344 g/mol. The Hall–Kier alpha value is -2.70.